The van der Waals surface area contributed by atoms with Crippen LogP contribution in [0.25, 0.3) is 0 Å². The molecule has 1 heterocycles. The molecule has 1 nitrogen and oxygen atoms in total. The maximum absolute atomic E-state index is 3.57. The minimum atomic E-state index is 0.601. The summed E-state index contributed by atoms with van der Waals surface area (Å²) in [5.74, 6) is 2.08. The summed E-state index contributed by atoms with van der Waals surface area (Å²) in [5.41, 5.74) is 4.63. The third-order valence-electron chi connectivity index (χ3n) is 4.85. The van der Waals surface area contributed by atoms with Crippen LogP contribution in [-0.2, 0) is 0 Å². The number of hydrogen-bond donors (Lipinski definition) is 1. The fraction of sp³-hybridized carbons (Fsp3) is 0.333. The zero-order chi connectivity index (χ0) is 12.7. The molecule has 0 amide bonds. The van der Waals surface area contributed by atoms with Gasteiger partial charge in [0.1, 0.15) is 0 Å². The summed E-state index contributed by atoms with van der Waals surface area (Å²) in [7, 11) is 0. The van der Waals surface area contributed by atoms with Gasteiger partial charge in [-0.2, -0.15) is 0 Å². The first-order valence-corrected chi connectivity index (χ1v) is 7.29. The zero-order valence-electron chi connectivity index (χ0n) is 11.0. The average molecular weight is 249 g/mol. The summed E-state index contributed by atoms with van der Waals surface area (Å²) in [6, 6.07) is 20.1. The van der Waals surface area contributed by atoms with Crippen LogP contribution in [0, 0.1) is 5.92 Å². The highest BCUT2D eigenvalue weighted by atomic mass is 14.9. The van der Waals surface area contributed by atoms with Crippen molar-refractivity contribution < 1.29 is 0 Å². The first kappa shape index (κ1) is 11.2. The smallest absolute Gasteiger partial charge is 0.0127 e. The van der Waals surface area contributed by atoms with E-state index >= 15 is 0 Å². The lowest BCUT2D eigenvalue weighted by molar-refractivity contribution is 0.324. The third kappa shape index (κ3) is 1.73. The lowest BCUT2D eigenvalue weighted by Crippen LogP contribution is -2.34. The van der Waals surface area contributed by atoms with Gasteiger partial charge in [0.2, 0.25) is 0 Å². The summed E-state index contributed by atoms with van der Waals surface area (Å²) in [5, 5.41) is 3.57. The Hall–Kier alpha value is -1.60. The summed E-state index contributed by atoms with van der Waals surface area (Å²) < 4.78 is 0. The molecule has 96 valence electrons. The maximum atomic E-state index is 3.57. The third-order valence-corrected chi connectivity index (χ3v) is 4.85. The average Bonchev–Trinajstić information content (AvgIpc) is 2.83. The Morgan fingerprint density at radius 3 is 2.42 bits per heavy atom. The highest BCUT2D eigenvalue weighted by Crippen LogP contribution is 2.51. The molecule has 1 aliphatic heterocycles. The van der Waals surface area contributed by atoms with E-state index in [9.17, 15) is 0 Å². The van der Waals surface area contributed by atoms with Crippen molar-refractivity contribution >= 4 is 0 Å². The number of rotatable bonds is 1. The Balaban J connectivity index is 1.85. The zero-order valence-corrected chi connectivity index (χ0v) is 11.0. The molecule has 0 bridgehead atoms. The Morgan fingerprint density at radius 2 is 1.58 bits per heavy atom. The number of fused-ring (bicyclic) bond motifs is 3. The SMILES string of the molecule is c1ccc(C2c3ccccc3C3CNCCC32)cc1. The molecule has 2 aromatic carbocycles. The van der Waals surface area contributed by atoms with E-state index in [-0.39, 0.29) is 0 Å². The normalized spacial score (nSPS) is 28.7. The molecule has 3 atom stereocenters. The standard InChI is InChI=1S/C18H19N/c1-2-6-13(7-3-1)18-15-9-5-4-8-14(15)17-12-19-11-10-16(17)18/h1-9,16-19H,10-12H2. The van der Waals surface area contributed by atoms with Crippen LogP contribution in [-0.4, -0.2) is 13.1 Å². The summed E-state index contributed by atoms with van der Waals surface area (Å²) in [4.78, 5) is 0. The minimum absolute atomic E-state index is 0.601. The molecule has 0 aromatic heterocycles. The van der Waals surface area contributed by atoms with Crippen LogP contribution >= 0.6 is 0 Å². The second-order valence-electron chi connectivity index (χ2n) is 5.78. The Kier molecular flexibility index (Phi) is 2.66. The van der Waals surface area contributed by atoms with Gasteiger partial charge in [-0.05, 0) is 35.6 Å². The molecular formula is C18H19N. The van der Waals surface area contributed by atoms with Gasteiger partial charge in [0.15, 0.2) is 0 Å². The van der Waals surface area contributed by atoms with Gasteiger partial charge in [-0.1, -0.05) is 54.6 Å². The Labute approximate surface area is 114 Å². The van der Waals surface area contributed by atoms with Crippen molar-refractivity contribution in [2.24, 2.45) is 5.92 Å². The topological polar surface area (TPSA) is 12.0 Å². The van der Waals surface area contributed by atoms with Crippen molar-refractivity contribution in [2.75, 3.05) is 13.1 Å². The monoisotopic (exact) mass is 249 g/mol. The van der Waals surface area contributed by atoms with E-state index in [0.29, 0.717) is 11.8 Å². The van der Waals surface area contributed by atoms with Gasteiger partial charge in [-0.15, -0.1) is 0 Å². The molecule has 19 heavy (non-hydrogen) atoms. The number of nitrogens with one attached hydrogen (secondary N) is 1. The number of benzene rings is 2. The molecule has 0 spiro atoms. The van der Waals surface area contributed by atoms with E-state index in [0.717, 1.165) is 12.5 Å². The maximum Gasteiger partial charge on any atom is 0.0127 e. The van der Waals surface area contributed by atoms with E-state index in [1.165, 1.54) is 18.5 Å². The molecule has 1 N–H and O–H groups in total. The van der Waals surface area contributed by atoms with Crippen molar-refractivity contribution in [3.8, 4) is 0 Å². The summed E-state index contributed by atoms with van der Waals surface area (Å²) in [6.07, 6.45) is 1.29. The van der Waals surface area contributed by atoms with Crippen molar-refractivity contribution in [1.82, 2.24) is 5.32 Å². The van der Waals surface area contributed by atoms with Gasteiger partial charge in [0.25, 0.3) is 0 Å². The quantitative estimate of drug-likeness (QED) is 0.815. The summed E-state index contributed by atoms with van der Waals surface area (Å²) >= 11 is 0. The van der Waals surface area contributed by atoms with Crippen LogP contribution in [0.5, 0.6) is 0 Å². The lowest BCUT2D eigenvalue weighted by Gasteiger charge is -2.30. The van der Waals surface area contributed by atoms with Crippen molar-refractivity contribution in [3.05, 3.63) is 71.3 Å². The number of hydrogen-bond acceptors (Lipinski definition) is 1. The molecule has 3 unspecified atom stereocenters. The van der Waals surface area contributed by atoms with Crippen LogP contribution in [0.1, 0.15) is 34.9 Å². The molecule has 2 aliphatic rings. The molecule has 1 heteroatoms. The first-order valence-electron chi connectivity index (χ1n) is 7.29. The van der Waals surface area contributed by atoms with E-state index in [1.807, 2.05) is 0 Å². The Morgan fingerprint density at radius 1 is 0.842 bits per heavy atom. The molecule has 1 fully saturated rings. The van der Waals surface area contributed by atoms with Crippen LogP contribution in [0.2, 0.25) is 0 Å². The highest BCUT2D eigenvalue weighted by molar-refractivity contribution is 5.46. The van der Waals surface area contributed by atoms with Crippen molar-refractivity contribution in [1.29, 1.82) is 0 Å². The number of piperidine rings is 1. The molecular weight excluding hydrogens is 230 g/mol. The Bertz CT molecular complexity index is 575. The van der Waals surface area contributed by atoms with Gasteiger partial charge in [0.05, 0.1) is 0 Å². The van der Waals surface area contributed by atoms with Gasteiger partial charge in [-0.3, -0.25) is 0 Å². The molecule has 0 radical (unpaired) electrons. The molecule has 1 aliphatic carbocycles. The van der Waals surface area contributed by atoms with Crippen LogP contribution in [0.15, 0.2) is 54.6 Å². The van der Waals surface area contributed by atoms with Crippen LogP contribution < -0.4 is 5.32 Å². The second kappa shape index (κ2) is 4.50. The van der Waals surface area contributed by atoms with Crippen molar-refractivity contribution in [2.45, 2.75) is 18.3 Å². The van der Waals surface area contributed by atoms with Crippen LogP contribution in [0.4, 0.5) is 0 Å². The second-order valence-corrected chi connectivity index (χ2v) is 5.78. The minimum Gasteiger partial charge on any atom is -0.316 e. The van der Waals surface area contributed by atoms with Crippen LogP contribution in [0.3, 0.4) is 0 Å². The van der Waals surface area contributed by atoms with E-state index in [1.54, 1.807) is 11.1 Å². The predicted octanol–water partition coefficient (Wildman–Crippen LogP) is 3.53. The summed E-state index contributed by atoms with van der Waals surface area (Å²) in [6.45, 7) is 2.31. The van der Waals surface area contributed by atoms with E-state index in [4.69, 9.17) is 0 Å². The first-order chi connectivity index (χ1) is 9.45. The molecule has 0 saturated carbocycles. The molecule has 1 saturated heterocycles. The van der Waals surface area contributed by atoms with Crippen molar-refractivity contribution in [3.63, 3.8) is 0 Å². The molecule has 2 aromatic rings. The molecule has 4 rings (SSSR count). The van der Waals surface area contributed by atoms with E-state index in [2.05, 4.69) is 59.9 Å². The van der Waals surface area contributed by atoms with Gasteiger partial charge in [-0.25, -0.2) is 0 Å². The largest absolute Gasteiger partial charge is 0.316 e. The fourth-order valence-electron chi connectivity index (χ4n) is 4.07. The predicted molar refractivity (Wildman–Crippen MR) is 78.4 cm³/mol. The lowest BCUT2D eigenvalue weighted by atomic mass is 9.79. The fourth-order valence-corrected chi connectivity index (χ4v) is 4.07. The highest BCUT2D eigenvalue weighted by Gasteiger charge is 2.41. The van der Waals surface area contributed by atoms with Gasteiger partial charge < -0.3 is 5.32 Å². The van der Waals surface area contributed by atoms with Gasteiger partial charge in [0, 0.05) is 18.4 Å². The van der Waals surface area contributed by atoms with E-state index < -0.39 is 0 Å². The van der Waals surface area contributed by atoms with Gasteiger partial charge >= 0.3 is 0 Å².